The van der Waals surface area contributed by atoms with Gasteiger partial charge >= 0.3 is 6.03 Å². The van der Waals surface area contributed by atoms with Crippen molar-refractivity contribution in [1.29, 1.82) is 0 Å². The summed E-state index contributed by atoms with van der Waals surface area (Å²) in [4.78, 5) is 26.6. The van der Waals surface area contributed by atoms with Crippen LogP contribution in [0.5, 0.6) is 0 Å². The van der Waals surface area contributed by atoms with Gasteiger partial charge in [0.25, 0.3) is 0 Å². The quantitative estimate of drug-likeness (QED) is 0.786. The van der Waals surface area contributed by atoms with Crippen molar-refractivity contribution in [3.05, 3.63) is 65.0 Å². The monoisotopic (exact) mass is 397 g/mol. The van der Waals surface area contributed by atoms with E-state index in [0.29, 0.717) is 26.1 Å². The minimum Gasteiger partial charge on any atom is -0.352 e. The molecule has 1 aliphatic rings. The Kier molecular flexibility index (Phi) is 6.86. The molecule has 3 rings (SSSR count). The van der Waals surface area contributed by atoms with Gasteiger partial charge in [0, 0.05) is 31.7 Å². The molecule has 2 aromatic carbocycles. The number of nitrogens with one attached hydrogen (secondary N) is 2. The Balaban J connectivity index is 1.41. The van der Waals surface area contributed by atoms with Crippen molar-refractivity contribution in [2.75, 3.05) is 18.4 Å². The lowest BCUT2D eigenvalue weighted by atomic mass is 9.93. The number of anilines is 1. The molecule has 0 atom stereocenters. The van der Waals surface area contributed by atoms with Crippen LogP contribution in [0, 0.1) is 25.6 Å². The van der Waals surface area contributed by atoms with Gasteiger partial charge in [0.1, 0.15) is 5.82 Å². The molecule has 29 heavy (non-hydrogen) atoms. The van der Waals surface area contributed by atoms with Gasteiger partial charge in [0.05, 0.1) is 0 Å². The highest BCUT2D eigenvalue weighted by molar-refractivity contribution is 5.90. The smallest absolute Gasteiger partial charge is 0.321 e. The average Bonchev–Trinajstić information content (AvgIpc) is 2.71. The molecule has 2 aromatic rings. The fourth-order valence-corrected chi connectivity index (χ4v) is 3.54. The molecule has 3 amide bonds. The number of urea groups is 1. The number of piperidine rings is 1. The summed E-state index contributed by atoms with van der Waals surface area (Å²) in [5.41, 5.74) is 3.86. The summed E-state index contributed by atoms with van der Waals surface area (Å²) >= 11 is 0. The number of benzene rings is 2. The predicted octanol–water partition coefficient (Wildman–Crippen LogP) is 4.39. The summed E-state index contributed by atoms with van der Waals surface area (Å²) in [5.74, 6) is -0.0194. The normalized spacial score (nSPS) is 14.5. The average molecular weight is 397 g/mol. The fraction of sp³-hybridized carbons (Fsp3) is 0.391. The number of nitrogens with zero attached hydrogens (tertiary/aromatic N) is 1. The van der Waals surface area contributed by atoms with Crippen molar-refractivity contribution >= 4 is 17.6 Å². The van der Waals surface area contributed by atoms with E-state index in [1.54, 1.807) is 12.1 Å². The molecule has 0 radical (unpaired) electrons. The second kappa shape index (κ2) is 9.54. The van der Waals surface area contributed by atoms with E-state index in [1.807, 2.05) is 36.9 Å². The Morgan fingerprint density at radius 2 is 1.76 bits per heavy atom. The minimum absolute atomic E-state index is 0.00684. The van der Waals surface area contributed by atoms with Gasteiger partial charge in [-0.15, -0.1) is 0 Å². The maximum Gasteiger partial charge on any atom is 0.321 e. The van der Waals surface area contributed by atoms with E-state index < -0.39 is 0 Å². The van der Waals surface area contributed by atoms with Crippen LogP contribution < -0.4 is 10.6 Å². The molecule has 0 saturated carbocycles. The summed E-state index contributed by atoms with van der Waals surface area (Å²) in [6.07, 6.45) is 2.07. The van der Waals surface area contributed by atoms with Gasteiger partial charge < -0.3 is 15.5 Å². The zero-order chi connectivity index (χ0) is 20.8. The van der Waals surface area contributed by atoms with Crippen molar-refractivity contribution in [1.82, 2.24) is 10.2 Å². The third-order valence-electron chi connectivity index (χ3n) is 5.41. The summed E-state index contributed by atoms with van der Waals surface area (Å²) in [7, 11) is 0. The van der Waals surface area contributed by atoms with Crippen LogP contribution >= 0.6 is 0 Å². The van der Waals surface area contributed by atoms with Crippen LogP contribution in [0.15, 0.2) is 42.5 Å². The standard InChI is InChI=1S/C23H28FN3O2/c1-16-3-4-17(2)21(13-16)26-23(29)27-11-9-18(10-12-27)14-22(28)25-15-19-5-7-20(24)8-6-19/h3-8,13,18H,9-12,14-15H2,1-2H3,(H,25,28)(H,26,29). The predicted molar refractivity (Wildman–Crippen MR) is 112 cm³/mol. The van der Waals surface area contributed by atoms with Crippen LogP contribution in [0.1, 0.15) is 36.0 Å². The molecular formula is C23H28FN3O2. The molecule has 1 aliphatic heterocycles. The number of amides is 3. The largest absolute Gasteiger partial charge is 0.352 e. The van der Waals surface area contributed by atoms with Crippen molar-refractivity contribution in [2.24, 2.45) is 5.92 Å². The van der Waals surface area contributed by atoms with Gasteiger partial charge in [-0.2, -0.15) is 0 Å². The van der Waals surface area contributed by atoms with E-state index >= 15 is 0 Å². The van der Waals surface area contributed by atoms with E-state index in [1.165, 1.54) is 12.1 Å². The highest BCUT2D eigenvalue weighted by Crippen LogP contribution is 2.22. The molecule has 0 aliphatic carbocycles. The molecule has 1 fully saturated rings. The van der Waals surface area contributed by atoms with E-state index in [2.05, 4.69) is 10.6 Å². The van der Waals surface area contributed by atoms with Gasteiger partial charge in [-0.05, 0) is 67.5 Å². The van der Waals surface area contributed by atoms with Gasteiger partial charge in [0.2, 0.25) is 5.91 Å². The SMILES string of the molecule is Cc1ccc(C)c(NC(=O)N2CCC(CC(=O)NCc3ccc(F)cc3)CC2)c1. The number of hydrogen-bond acceptors (Lipinski definition) is 2. The highest BCUT2D eigenvalue weighted by Gasteiger charge is 2.24. The molecule has 5 nitrogen and oxygen atoms in total. The van der Waals surface area contributed by atoms with Gasteiger partial charge in [-0.3, -0.25) is 4.79 Å². The maximum absolute atomic E-state index is 12.9. The van der Waals surface area contributed by atoms with Crippen LogP contribution in [0.4, 0.5) is 14.9 Å². The Bertz CT molecular complexity index is 859. The van der Waals surface area contributed by atoms with Crippen LogP contribution in [0.2, 0.25) is 0 Å². The number of likely N-dealkylation sites (tertiary alicyclic amines) is 1. The second-order valence-electron chi connectivity index (χ2n) is 7.79. The van der Waals surface area contributed by atoms with E-state index in [-0.39, 0.29) is 23.7 Å². The molecule has 0 spiro atoms. The van der Waals surface area contributed by atoms with E-state index in [9.17, 15) is 14.0 Å². The van der Waals surface area contributed by atoms with E-state index in [4.69, 9.17) is 0 Å². The lowest BCUT2D eigenvalue weighted by Crippen LogP contribution is -2.42. The molecule has 0 bridgehead atoms. The Hall–Kier alpha value is -2.89. The molecular weight excluding hydrogens is 369 g/mol. The van der Waals surface area contributed by atoms with Crippen molar-refractivity contribution < 1.29 is 14.0 Å². The number of halogens is 1. The summed E-state index contributed by atoms with van der Waals surface area (Å²) in [6.45, 7) is 5.67. The number of rotatable bonds is 5. The Morgan fingerprint density at radius 3 is 2.45 bits per heavy atom. The number of carbonyl (C=O) groups excluding carboxylic acids is 2. The first kappa shape index (κ1) is 20.8. The van der Waals surface area contributed by atoms with Crippen LogP contribution in [-0.2, 0) is 11.3 Å². The number of carbonyl (C=O) groups is 2. The lowest BCUT2D eigenvalue weighted by Gasteiger charge is -2.32. The summed E-state index contributed by atoms with van der Waals surface area (Å²) in [6, 6.07) is 12.0. The highest BCUT2D eigenvalue weighted by atomic mass is 19.1. The zero-order valence-electron chi connectivity index (χ0n) is 17.0. The Morgan fingerprint density at radius 1 is 1.07 bits per heavy atom. The Labute approximate surface area is 171 Å². The molecule has 0 unspecified atom stereocenters. The first-order valence-corrected chi connectivity index (χ1v) is 10.0. The number of hydrogen-bond donors (Lipinski definition) is 2. The topological polar surface area (TPSA) is 61.4 Å². The first-order chi connectivity index (χ1) is 13.9. The number of aryl methyl sites for hydroxylation is 2. The zero-order valence-corrected chi connectivity index (χ0v) is 17.0. The fourth-order valence-electron chi connectivity index (χ4n) is 3.54. The van der Waals surface area contributed by atoms with Crippen LogP contribution in [-0.4, -0.2) is 29.9 Å². The molecule has 154 valence electrons. The van der Waals surface area contributed by atoms with Gasteiger partial charge in [0.15, 0.2) is 0 Å². The lowest BCUT2D eigenvalue weighted by molar-refractivity contribution is -0.122. The summed E-state index contributed by atoms with van der Waals surface area (Å²) < 4.78 is 12.9. The maximum atomic E-state index is 12.9. The van der Waals surface area contributed by atoms with Crippen LogP contribution in [0.25, 0.3) is 0 Å². The van der Waals surface area contributed by atoms with Gasteiger partial charge in [-0.1, -0.05) is 24.3 Å². The molecule has 0 aromatic heterocycles. The third-order valence-corrected chi connectivity index (χ3v) is 5.41. The minimum atomic E-state index is -0.284. The molecule has 6 heteroatoms. The van der Waals surface area contributed by atoms with Crippen molar-refractivity contribution in [3.63, 3.8) is 0 Å². The molecule has 1 heterocycles. The third kappa shape index (κ3) is 6.04. The first-order valence-electron chi connectivity index (χ1n) is 10.0. The van der Waals surface area contributed by atoms with Crippen molar-refractivity contribution in [2.45, 2.75) is 39.7 Å². The van der Waals surface area contributed by atoms with Crippen LogP contribution in [0.3, 0.4) is 0 Å². The second-order valence-corrected chi connectivity index (χ2v) is 7.79. The molecule has 1 saturated heterocycles. The van der Waals surface area contributed by atoms with E-state index in [0.717, 1.165) is 35.2 Å². The summed E-state index contributed by atoms with van der Waals surface area (Å²) in [5, 5.41) is 5.89. The molecule has 2 N–H and O–H groups in total. The van der Waals surface area contributed by atoms with Gasteiger partial charge in [-0.25, -0.2) is 9.18 Å². The van der Waals surface area contributed by atoms with Crippen molar-refractivity contribution in [3.8, 4) is 0 Å².